The van der Waals surface area contributed by atoms with E-state index in [0.717, 1.165) is 22.7 Å². The summed E-state index contributed by atoms with van der Waals surface area (Å²) in [4.78, 5) is 2.43. The van der Waals surface area contributed by atoms with Crippen LogP contribution in [0.25, 0.3) is 66.6 Å². The van der Waals surface area contributed by atoms with E-state index in [-0.39, 0.29) is 0 Å². The lowest BCUT2D eigenvalue weighted by molar-refractivity contribution is 1.18. The van der Waals surface area contributed by atoms with Crippen LogP contribution in [0.5, 0.6) is 0 Å². The molecule has 1 aliphatic rings. The van der Waals surface area contributed by atoms with E-state index < -0.39 is 0 Å². The monoisotopic (exact) mass is 600 g/mol. The zero-order chi connectivity index (χ0) is 31.5. The number of allylic oxidation sites excluding steroid dienone is 2. The van der Waals surface area contributed by atoms with E-state index in [2.05, 4.69) is 175 Å². The normalized spacial score (nSPS) is 11.9. The Morgan fingerprint density at radius 1 is 0.596 bits per heavy atom. The molecule has 2 nitrogen and oxygen atoms in total. The van der Waals surface area contributed by atoms with Crippen molar-refractivity contribution in [2.75, 3.05) is 4.90 Å². The molecule has 0 saturated carbocycles. The largest absolute Gasteiger partial charge is 0.310 e. The number of para-hydroxylation sites is 3. The SMILES string of the molecule is C=C/C=C\c1c(C)cc2cccc3c2c1-c1cccc(N(c2ccccc2)c2ccc4c5ccccc5n(-c5ccccc5)c4c2)c1-3. The molecule has 0 fully saturated rings. The minimum Gasteiger partial charge on any atom is -0.310 e. The van der Waals surface area contributed by atoms with E-state index in [4.69, 9.17) is 0 Å². The Balaban J connectivity index is 1.34. The van der Waals surface area contributed by atoms with Gasteiger partial charge in [-0.3, -0.25) is 0 Å². The maximum absolute atomic E-state index is 3.95. The predicted octanol–water partition coefficient (Wildman–Crippen LogP) is 12.6. The molecule has 0 N–H and O–H groups in total. The molecule has 7 aromatic carbocycles. The van der Waals surface area contributed by atoms with Crippen molar-refractivity contribution in [3.8, 4) is 27.9 Å². The zero-order valence-corrected chi connectivity index (χ0v) is 26.2. The third-order valence-electron chi connectivity index (χ3n) is 9.58. The van der Waals surface area contributed by atoms with Gasteiger partial charge in [0, 0.05) is 33.4 Å². The molecule has 1 aliphatic carbocycles. The molecule has 0 unspecified atom stereocenters. The number of nitrogens with zero attached hydrogens (tertiary/aromatic N) is 2. The average molecular weight is 601 g/mol. The molecule has 0 spiro atoms. The van der Waals surface area contributed by atoms with Crippen molar-refractivity contribution in [1.29, 1.82) is 0 Å². The quantitative estimate of drug-likeness (QED) is 0.172. The first-order valence-electron chi connectivity index (χ1n) is 16.2. The van der Waals surface area contributed by atoms with E-state index in [1.54, 1.807) is 0 Å². The minimum absolute atomic E-state index is 1.11. The molecule has 8 aromatic rings. The van der Waals surface area contributed by atoms with E-state index in [0.29, 0.717) is 0 Å². The van der Waals surface area contributed by atoms with Crippen LogP contribution in [-0.4, -0.2) is 4.57 Å². The number of fused-ring (bicyclic) bond motifs is 6. The Morgan fingerprint density at radius 2 is 1.32 bits per heavy atom. The zero-order valence-electron chi connectivity index (χ0n) is 26.2. The molecule has 0 saturated heterocycles. The highest BCUT2D eigenvalue weighted by Gasteiger charge is 2.29. The van der Waals surface area contributed by atoms with Crippen LogP contribution >= 0.6 is 0 Å². The van der Waals surface area contributed by atoms with Crippen molar-refractivity contribution in [3.05, 3.63) is 175 Å². The first-order valence-corrected chi connectivity index (χ1v) is 16.2. The van der Waals surface area contributed by atoms with Gasteiger partial charge in [-0.1, -0.05) is 122 Å². The van der Waals surface area contributed by atoms with Crippen molar-refractivity contribution in [2.45, 2.75) is 6.92 Å². The van der Waals surface area contributed by atoms with Gasteiger partial charge in [-0.25, -0.2) is 0 Å². The Bertz CT molecular complexity index is 2530. The molecule has 0 radical (unpaired) electrons. The van der Waals surface area contributed by atoms with E-state index in [9.17, 15) is 0 Å². The van der Waals surface area contributed by atoms with Gasteiger partial charge in [0.15, 0.2) is 0 Å². The maximum Gasteiger partial charge on any atom is 0.0561 e. The maximum atomic E-state index is 3.95. The Labute approximate surface area is 274 Å². The first-order chi connectivity index (χ1) is 23.2. The van der Waals surface area contributed by atoms with Gasteiger partial charge in [0.2, 0.25) is 0 Å². The fourth-order valence-electron chi connectivity index (χ4n) is 7.65. The summed E-state index contributed by atoms with van der Waals surface area (Å²) < 4.78 is 2.39. The van der Waals surface area contributed by atoms with Crippen molar-refractivity contribution in [3.63, 3.8) is 0 Å². The van der Waals surface area contributed by atoms with Crippen molar-refractivity contribution in [2.24, 2.45) is 0 Å². The van der Waals surface area contributed by atoms with Gasteiger partial charge in [0.25, 0.3) is 0 Å². The summed E-state index contributed by atoms with van der Waals surface area (Å²) in [5.41, 5.74) is 14.6. The Hall–Kier alpha value is -6.12. The van der Waals surface area contributed by atoms with Crippen LogP contribution in [0.1, 0.15) is 11.1 Å². The molecule has 0 amide bonds. The highest BCUT2D eigenvalue weighted by molar-refractivity contribution is 6.21. The van der Waals surface area contributed by atoms with Gasteiger partial charge in [0.05, 0.1) is 16.7 Å². The molecule has 0 aliphatic heterocycles. The summed E-state index contributed by atoms with van der Waals surface area (Å²) in [6.45, 7) is 6.16. The van der Waals surface area contributed by atoms with Gasteiger partial charge in [-0.05, 0) is 94.0 Å². The van der Waals surface area contributed by atoms with Crippen LogP contribution in [-0.2, 0) is 0 Å². The summed E-state index contributed by atoms with van der Waals surface area (Å²) in [6, 6.07) is 52.9. The van der Waals surface area contributed by atoms with E-state index in [1.807, 2.05) is 12.2 Å². The second-order valence-corrected chi connectivity index (χ2v) is 12.2. The van der Waals surface area contributed by atoms with E-state index in [1.165, 1.54) is 66.0 Å². The first kappa shape index (κ1) is 27.2. The fourth-order valence-corrected chi connectivity index (χ4v) is 7.65. The highest BCUT2D eigenvalue weighted by atomic mass is 15.1. The van der Waals surface area contributed by atoms with Gasteiger partial charge >= 0.3 is 0 Å². The number of anilines is 3. The number of hydrogen-bond donors (Lipinski definition) is 0. The molecule has 0 atom stereocenters. The Morgan fingerprint density at radius 3 is 2.15 bits per heavy atom. The Kier molecular flexibility index (Phi) is 6.22. The second-order valence-electron chi connectivity index (χ2n) is 12.2. The highest BCUT2D eigenvalue weighted by Crippen LogP contribution is 2.55. The van der Waals surface area contributed by atoms with Gasteiger partial charge in [0.1, 0.15) is 0 Å². The summed E-state index contributed by atoms with van der Waals surface area (Å²) in [6.07, 6.45) is 6.12. The van der Waals surface area contributed by atoms with Crippen LogP contribution in [0.3, 0.4) is 0 Å². The lowest BCUT2D eigenvalue weighted by atomic mass is 9.93. The molecular weight excluding hydrogens is 569 g/mol. The molecule has 47 heavy (non-hydrogen) atoms. The number of rotatable bonds is 6. The fraction of sp³-hybridized carbons (Fsp3) is 0.0222. The van der Waals surface area contributed by atoms with Crippen LogP contribution in [0.2, 0.25) is 0 Å². The molecule has 0 bridgehead atoms. The lowest BCUT2D eigenvalue weighted by Crippen LogP contribution is -2.11. The molecule has 2 heteroatoms. The topological polar surface area (TPSA) is 8.17 Å². The minimum atomic E-state index is 1.11. The summed E-state index contributed by atoms with van der Waals surface area (Å²) in [5.74, 6) is 0. The average Bonchev–Trinajstić information content (AvgIpc) is 3.63. The molecule has 1 heterocycles. The number of aryl methyl sites for hydroxylation is 1. The van der Waals surface area contributed by atoms with E-state index >= 15 is 0 Å². The van der Waals surface area contributed by atoms with Gasteiger partial charge in [-0.2, -0.15) is 0 Å². The number of benzene rings is 7. The standard InChI is InChI=1S/C45H32N2/c1-3-4-20-35-30(2)28-31-15-13-22-38-43(31)45(35)39-23-14-25-41(44(38)39)46(32-16-7-5-8-17-32)34-26-27-37-36-21-11-12-24-40(36)47(42(37)29-34)33-18-9-6-10-19-33/h3-29H,1H2,2H3/b20-4-. The molecule has 9 rings (SSSR count). The van der Waals surface area contributed by atoms with Gasteiger partial charge in [-0.15, -0.1) is 0 Å². The van der Waals surface area contributed by atoms with Crippen molar-refractivity contribution < 1.29 is 0 Å². The van der Waals surface area contributed by atoms with Crippen molar-refractivity contribution >= 4 is 55.7 Å². The van der Waals surface area contributed by atoms with Crippen molar-refractivity contribution in [1.82, 2.24) is 4.57 Å². The molecule has 222 valence electrons. The molecular formula is C45H32N2. The second kappa shape index (κ2) is 10.8. The third kappa shape index (κ3) is 4.12. The van der Waals surface area contributed by atoms with Crippen LogP contribution in [0, 0.1) is 6.92 Å². The third-order valence-corrected chi connectivity index (χ3v) is 9.58. The number of aromatic nitrogens is 1. The van der Waals surface area contributed by atoms with Gasteiger partial charge < -0.3 is 9.47 Å². The predicted molar refractivity (Wildman–Crippen MR) is 201 cm³/mol. The summed E-state index contributed by atoms with van der Waals surface area (Å²) in [7, 11) is 0. The summed E-state index contributed by atoms with van der Waals surface area (Å²) >= 11 is 0. The molecule has 1 aromatic heterocycles. The lowest BCUT2D eigenvalue weighted by Gasteiger charge is -2.28. The smallest absolute Gasteiger partial charge is 0.0561 e. The van der Waals surface area contributed by atoms with Crippen LogP contribution in [0.4, 0.5) is 17.1 Å². The van der Waals surface area contributed by atoms with Crippen LogP contribution in [0.15, 0.2) is 164 Å². The van der Waals surface area contributed by atoms with Crippen LogP contribution < -0.4 is 4.90 Å². The number of hydrogen-bond acceptors (Lipinski definition) is 1. The summed E-state index contributed by atoms with van der Waals surface area (Å²) in [5, 5.41) is 5.08.